The highest BCUT2D eigenvalue weighted by Gasteiger charge is 2.21. The Kier molecular flexibility index (Phi) is 4.28. The van der Waals surface area contributed by atoms with E-state index in [1.165, 1.54) is 4.90 Å². The van der Waals surface area contributed by atoms with E-state index in [2.05, 4.69) is 5.32 Å². The highest BCUT2D eigenvalue weighted by Crippen LogP contribution is 2.00. The van der Waals surface area contributed by atoms with Gasteiger partial charge in [0, 0.05) is 25.3 Å². The van der Waals surface area contributed by atoms with Crippen LogP contribution in [-0.2, 0) is 19.4 Å². The van der Waals surface area contributed by atoms with Gasteiger partial charge in [0.05, 0.1) is 12.3 Å². The number of hydrogen-bond acceptors (Lipinski definition) is 4. The fourth-order valence-corrected chi connectivity index (χ4v) is 2.15. The molecule has 0 saturated carbocycles. The third-order valence-electron chi connectivity index (χ3n) is 2.51. The van der Waals surface area contributed by atoms with Crippen molar-refractivity contribution < 1.29 is 18.0 Å². The second kappa shape index (κ2) is 5.29. The molecule has 0 radical (unpaired) electrons. The van der Waals surface area contributed by atoms with E-state index in [1.807, 2.05) is 0 Å². The Labute approximate surface area is 94.9 Å². The minimum atomic E-state index is -3.07. The van der Waals surface area contributed by atoms with Gasteiger partial charge < -0.3 is 10.2 Å². The van der Waals surface area contributed by atoms with Crippen LogP contribution in [0.15, 0.2) is 0 Å². The van der Waals surface area contributed by atoms with Crippen LogP contribution in [0.1, 0.15) is 13.3 Å². The maximum Gasteiger partial charge on any atom is 0.242 e. The molecule has 1 fully saturated rings. The van der Waals surface area contributed by atoms with E-state index in [0.29, 0.717) is 6.54 Å². The summed E-state index contributed by atoms with van der Waals surface area (Å²) in [6.45, 7) is 2.00. The van der Waals surface area contributed by atoms with E-state index in [-0.39, 0.29) is 42.8 Å². The summed E-state index contributed by atoms with van der Waals surface area (Å²) in [5, 5.41) is 2.46. The molecule has 1 heterocycles. The monoisotopic (exact) mass is 248 g/mol. The number of amides is 2. The van der Waals surface area contributed by atoms with Crippen molar-refractivity contribution in [1.29, 1.82) is 0 Å². The van der Waals surface area contributed by atoms with Crippen molar-refractivity contribution >= 4 is 21.7 Å². The molecule has 92 valence electrons. The maximum absolute atomic E-state index is 11.5. The molecule has 0 aromatic heterocycles. The molecule has 0 spiro atoms. The number of nitrogens with zero attached hydrogens (tertiary/aromatic N) is 1. The molecular weight excluding hydrogens is 232 g/mol. The molecule has 0 aromatic carbocycles. The fourth-order valence-electron chi connectivity index (χ4n) is 1.37. The van der Waals surface area contributed by atoms with Crippen molar-refractivity contribution in [1.82, 2.24) is 10.2 Å². The van der Waals surface area contributed by atoms with Gasteiger partial charge in [-0.15, -0.1) is 0 Å². The molecule has 1 aliphatic heterocycles. The highest BCUT2D eigenvalue weighted by atomic mass is 32.2. The molecule has 0 aromatic rings. The minimum absolute atomic E-state index is 0.0367. The lowest BCUT2D eigenvalue weighted by atomic mass is 10.4. The van der Waals surface area contributed by atoms with Crippen LogP contribution in [0.25, 0.3) is 0 Å². The lowest BCUT2D eigenvalue weighted by Crippen LogP contribution is -2.38. The molecule has 0 aliphatic carbocycles. The maximum atomic E-state index is 11.5. The van der Waals surface area contributed by atoms with Gasteiger partial charge in [-0.05, 0) is 0 Å². The first-order valence-electron chi connectivity index (χ1n) is 5.19. The zero-order chi connectivity index (χ0) is 12.2. The van der Waals surface area contributed by atoms with E-state index < -0.39 is 9.84 Å². The van der Waals surface area contributed by atoms with Crippen molar-refractivity contribution in [3.63, 3.8) is 0 Å². The number of carbonyl (C=O) groups excluding carboxylic acids is 2. The number of sulfone groups is 1. The Morgan fingerprint density at radius 3 is 2.69 bits per heavy atom. The molecule has 16 heavy (non-hydrogen) atoms. The second-order valence-electron chi connectivity index (χ2n) is 3.64. The summed E-state index contributed by atoms with van der Waals surface area (Å²) >= 11 is 0. The standard InChI is InChI=1S/C9H16N2O4S/c1-2-16(14,15)6-5-11-4-3-8(12)10-7-9(11)13/h2-7H2,1H3,(H,10,12). The molecule has 0 atom stereocenters. The molecular formula is C9H16N2O4S. The normalized spacial score (nSPS) is 18.2. The predicted molar refractivity (Wildman–Crippen MR) is 58.5 cm³/mol. The summed E-state index contributed by atoms with van der Waals surface area (Å²) in [5.74, 6) is -0.360. The van der Waals surface area contributed by atoms with E-state index >= 15 is 0 Å². The molecule has 1 saturated heterocycles. The molecule has 0 bridgehead atoms. The van der Waals surface area contributed by atoms with Crippen LogP contribution >= 0.6 is 0 Å². The van der Waals surface area contributed by atoms with Crippen molar-refractivity contribution in [3.8, 4) is 0 Å². The first kappa shape index (κ1) is 13.0. The van der Waals surface area contributed by atoms with E-state index in [4.69, 9.17) is 0 Å². The van der Waals surface area contributed by atoms with Gasteiger partial charge in [0.25, 0.3) is 0 Å². The van der Waals surface area contributed by atoms with Crippen LogP contribution in [0.3, 0.4) is 0 Å². The molecule has 1 N–H and O–H groups in total. The van der Waals surface area contributed by atoms with Gasteiger partial charge in [-0.3, -0.25) is 9.59 Å². The van der Waals surface area contributed by atoms with Crippen molar-refractivity contribution in [2.45, 2.75) is 13.3 Å². The van der Waals surface area contributed by atoms with Crippen LogP contribution in [0.2, 0.25) is 0 Å². The Bertz CT molecular complexity index is 377. The topological polar surface area (TPSA) is 83.6 Å². The minimum Gasteiger partial charge on any atom is -0.347 e. The lowest BCUT2D eigenvalue weighted by Gasteiger charge is -2.19. The van der Waals surface area contributed by atoms with Crippen molar-refractivity contribution in [2.24, 2.45) is 0 Å². The van der Waals surface area contributed by atoms with Crippen LogP contribution in [0.5, 0.6) is 0 Å². The number of nitrogens with one attached hydrogen (secondary N) is 1. The van der Waals surface area contributed by atoms with Crippen LogP contribution < -0.4 is 5.32 Å². The van der Waals surface area contributed by atoms with Gasteiger partial charge in [-0.25, -0.2) is 8.42 Å². The first-order valence-corrected chi connectivity index (χ1v) is 7.01. The number of hydrogen-bond donors (Lipinski definition) is 1. The van der Waals surface area contributed by atoms with Crippen LogP contribution in [0, 0.1) is 0 Å². The predicted octanol–water partition coefficient (Wildman–Crippen LogP) is -1.23. The van der Waals surface area contributed by atoms with Crippen LogP contribution in [-0.4, -0.2) is 56.3 Å². The Morgan fingerprint density at radius 1 is 1.38 bits per heavy atom. The summed E-state index contributed by atoms with van der Waals surface area (Å²) in [4.78, 5) is 23.9. The van der Waals surface area contributed by atoms with E-state index in [1.54, 1.807) is 6.92 Å². The molecule has 2 amide bonds. The third-order valence-corrected chi connectivity index (χ3v) is 4.19. The Hall–Kier alpha value is -1.11. The van der Waals surface area contributed by atoms with E-state index in [0.717, 1.165) is 0 Å². The Balaban J connectivity index is 2.53. The molecule has 0 unspecified atom stereocenters. The number of rotatable bonds is 4. The molecule has 1 aliphatic rings. The quantitative estimate of drug-likeness (QED) is 0.675. The summed E-state index contributed by atoms with van der Waals surface area (Å²) in [7, 11) is -3.07. The smallest absolute Gasteiger partial charge is 0.242 e. The number of carbonyl (C=O) groups is 2. The van der Waals surface area contributed by atoms with Crippen molar-refractivity contribution in [2.75, 3.05) is 31.1 Å². The first-order chi connectivity index (χ1) is 7.44. The average Bonchev–Trinajstić information content (AvgIpc) is 2.40. The average molecular weight is 248 g/mol. The molecule has 7 heteroatoms. The van der Waals surface area contributed by atoms with Gasteiger partial charge in [-0.1, -0.05) is 6.92 Å². The highest BCUT2D eigenvalue weighted by molar-refractivity contribution is 7.91. The van der Waals surface area contributed by atoms with Gasteiger partial charge in [-0.2, -0.15) is 0 Å². The molecule has 6 nitrogen and oxygen atoms in total. The zero-order valence-electron chi connectivity index (χ0n) is 9.23. The SMILES string of the molecule is CCS(=O)(=O)CCN1CCC(=O)NCC1=O. The van der Waals surface area contributed by atoms with Gasteiger partial charge in [0.15, 0.2) is 9.84 Å². The van der Waals surface area contributed by atoms with Crippen molar-refractivity contribution in [3.05, 3.63) is 0 Å². The fraction of sp³-hybridized carbons (Fsp3) is 0.778. The molecule has 1 rings (SSSR count). The summed E-state index contributed by atoms with van der Waals surface area (Å²) < 4.78 is 22.6. The lowest BCUT2D eigenvalue weighted by molar-refractivity contribution is -0.129. The van der Waals surface area contributed by atoms with Gasteiger partial charge in [0.2, 0.25) is 11.8 Å². The van der Waals surface area contributed by atoms with Crippen LogP contribution in [0.4, 0.5) is 0 Å². The second-order valence-corrected chi connectivity index (χ2v) is 6.12. The third kappa shape index (κ3) is 3.80. The zero-order valence-corrected chi connectivity index (χ0v) is 10.0. The largest absolute Gasteiger partial charge is 0.347 e. The van der Waals surface area contributed by atoms with Gasteiger partial charge in [0.1, 0.15) is 0 Å². The summed E-state index contributed by atoms with van der Waals surface area (Å²) in [5.41, 5.74) is 0. The van der Waals surface area contributed by atoms with Gasteiger partial charge >= 0.3 is 0 Å². The Morgan fingerprint density at radius 2 is 2.06 bits per heavy atom. The summed E-state index contributed by atoms with van der Waals surface area (Å²) in [6.07, 6.45) is 0.234. The van der Waals surface area contributed by atoms with E-state index in [9.17, 15) is 18.0 Å². The summed E-state index contributed by atoms with van der Waals surface area (Å²) in [6, 6.07) is 0.